The first kappa shape index (κ1) is 8.78. The van der Waals surface area contributed by atoms with Crippen molar-refractivity contribution >= 4 is 6.08 Å². The van der Waals surface area contributed by atoms with Crippen LogP contribution in [0.5, 0.6) is 5.88 Å². The van der Waals surface area contributed by atoms with Gasteiger partial charge in [-0.05, 0) is 25.5 Å². The lowest BCUT2D eigenvalue weighted by Crippen LogP contribution is -1.86. The highest BCUT2D eigenvalue weighted by atomic mass is 16.5. The molecule has 0 N–H and O–H groups in total. The van der Waals surface area contributed by atoms with Gasteiger partial charge in [0.15, 0.2) is 0 Å². The van der Waals surface area contributed by atoms with Gasteiger partial charge in [0.1, 0.15) is 0 Å². The van der Waals surface area contributed by atoms with Gasteiger partial charge >= 0.3 is 0 Å². The summed E-state index contributed by atoms with van der Waals surface area (Å²) < 4.78 is 4.94. The molecule has 0 amide bonds. The van der Waals surface area contributed by atoms with Gasteiger partial charge in [0.2, 0.25) is 5.88 Å². The molecule has 0 bridgehead atoms. The molecular formula is C10H13NO. The first-order chi connectivity index (χ1) is 5.72. The Hall–Kier alpha value is -1.31. The predicted octanol–water partition coefficient (Wildman–Crippen LogP) is 2.51. The van der Waals surface area contributed by atoms with Crippen LogP contribution in [0.1, 0.15) is 19.4 Å². The largest absolute Gasteiger partial charge is 0.481 e. The third kappa shape index (κ3) is 2.38. The lowest BCUT2D eigenvalue weighted by atomic mass is 10.2. The van der Waals surface area contributed by atoms with Crippen molar-refractivity contribution < 1.29 is 4.74 Å². The monoisotopic (exact) mass is 163 g/mol. The number of allylic oxidation sites excluding steroid dienone is 1. The van der Waals surface area contributed by atoms with Crippen molar-refractivity contribution in [3.8, 4) is 5.88 Å². The van der Waals surface area contributed by atoms with Crippen molar-refractivity contribution in [2.24, 2.45) is 0 Å². The van der Waals surface area contributed by atoms with Crippen LogP contribution in [0, 0.1) is 0 Å². The summed E-state index contributed by atoms with van der Waals surface area (Å²) in [4.78, 5) is 4.08. The van der Waals surface area contributed by atoms with E-state index in [-0.39, 0.29) is 0 Å². The maximum atomic E-state index is 4.94. The summed E-state index contributed by atoms with van der Waals surface area (Å²) in [5.41, 5.74) is 2.37. The molecule has 12 heavy (non-hydrogen) atoms. The summed E-state index contributed by atoms with van der Waals surface area (Å²) in [5, 5.41) is 0. The number of rotatable bonds is 2. The molecule has 0 spiro atoms. The van der Waals surface area contributed by atoms with Crippen molar-refractivity contribution in [2.45, 2.75) is 13.8 Å². The van der Waals surface area contributed by atoms with Crippen molar-refractivity contribution in [2.75, 3.05) is 7.11 Å². The van der Waals surface area contributed by atoms with Crippen LogP contribution < -0.4 is 4.74 Å². The van der Waals surface area contributed by atoms with Crippen molar-refractivity contribution in [3.05, 3.63) is 29.5 Å². The molecule has 0 aliphatic carbocycles. The summed E-state index contributed by atoms with van der Waals surface area (Å²) >= 11 is 0. The van der Waals surface area contributed by atoms with Crippen LogP contribution >= 0.6 is 0 Å². The van der Waals surface area contributed by atoms with Crippen LogP contribution in [-0.4, -0.2) is 12.1 Å². The number of hydrogen-bond donors (Lipinski definition) is 0. The van der Waals surface area contributed by atoms with Gasteiger partial charge in [-0.1, -0.05) is 11.6 Å². The van der Waals surface area contributed by atoms with E-state index in [1.165, 1.54) is 5.57 Å². The highest BCUT2D eigenvalue weighted by Gasteiger charge is 1.91. The van der Waals surface area contributed by atoms with Crippen molar-refractivity contribution in [1.82, 2.24) is 4.98 Å². The molecule has 1 aromatic heterocycles. The van der Waals surface area contributed by atoms with Gasteiger partial charge in [-0.25, -0.2) is 4.98 Å². The molecule has 0 aliphatic rings. The lowest BCUT2D eigenvalue weighted by Gasteiger charge is -1.98. The van der Waals surface area contributed by atoms with Gasteiger partial charge < -0.3 is 4.74 Å². The molecular weight excluding hydrogens is 150 g/mol. The molecule has 0 fully saturated rings. The maximum Gasteiger partial charge on any atom is 0.212 e. The van der Waals surface area contributed by atoms with E-state index in [2.05, 4.69) is 24.9 Å². The minimum atomic E-state index is 0.654. The Balaban J connectivity index is 2.85. The molecule has 0 aromatic carbocycles. The van der Waals surface area contributed by atoms with Crippen molar-refractivity contribution in [1.29, 1.82) is 0 Å². The van der Waals surface area contributed by atoms with Crippen LogP contribution in [0.3, 0.4) is 0 Å². The van der Waals surface area contributed by atoms with Gasteiger partial charge in [-0.15, -0.1) is 0 Å². The molecule has 2 nitrogen and oxygen atoms in total. The van der Waals surface area contributed by atoms with Gasteiger partial charge in [0.25, 0.3) is 0 Å². The number of hydrogen-bond acceptors (Lipinski definition) is 2. The third-order valence-corrected chi connectivity index (χ3v) is 1.42. The fourth-order valence-electron chi connectivity index (χ4n) is 0.931. The molecule has 0 unspecified atom stereocenters. The fourth-order valence-corrected chi connectivity index (χ4v) is 0.931. The Morgan fingerprint density at radius 2 is 2.17 bits per heavy atom. The van der Waals surface area contributed by atoms with Crippen LogP contribution in [-0.2, 0) is 0 Å². The minimum Gasteiger partial charge on any atom is -0.481 e. The molecule has 64 valence electrons. The highest BCUT2D eigenvalue weighted by Crippen LogP contribution is 2.09. The summed E-state index contributed by atoms with van der Waals surface area (Å²) in [6.45, 7) is 4.12. The SMILES string of the molecule is COc1ccc(C=C(C)C)cn1. The van der Waals surface area contributed by atoms with E-state index in [9.17, 15) is 0 Å². The average Bonchev–Trinajstić information content (AvgIpc) is 2.05. The number of aromatic nitrogens is 1. The van der Waals surface area contributed by atoms with Crippen LogP contribution in [0.4, 0.5) is 0 Å². The molecule has 1 heterocycles. The average molecular weight is 163 g/mol. The second-order valence-corrected chi connectivity index (χ2v) is 2.86. The van der Waals surface area contributed by atoms with E-state index in [0.29, 0.717) is 5.88 Å². The fraction of sp³-hybridized carbons (Fsp3) is 0.300. The molecule has 0 saturated carbocycles. The van der Waals surface area contributed by atoms with Crippen LogP contribution in [0.15, 0.2) is 23.9 Å². The van der Waals surface area contributed by atoms with E-state index < -0.39 is 0 Å². The number of ether oxygens (including phenoxy) is 1. The normalized spacial score (nSPS) is 9.25. The summed E-state index contributed by atoms with van der Waals surface area (Å²) in [6.07, 6.45) is 3.87. The van der Waals surface area contributed by atoms with E-state index >= 15 is 0 Å². The quantitative estimate of drug-likeness (QED) is 0.668. The van der Waals surface area contributed by atoms with Gasteiger partial charge in [-0.2, -0.15) is 0 Å². The molecule has 0 saturated heterocycles. The molecule has 1 rings (SSSR count). The smallest absolute Gasteiger partial charge is 0.212 e. The summed E-state index contributed by atoms with van der Waals surface area (Å²) in [7, 11) is 1.61. The molecule has 0 aliphatic heterocycles. The second-order valence-electron chi connectivity index (χ2n) is 2.86. The molecule has 0 radical (unpaired) electrons. The van der Waals surface area contributed by atoms with Crippen LogP contribution in [0.2, 0.25) is 0 Å². The van der Waals surface area contributed by atoms with E-state index in [4.69, 9.17) is 4.74 Å². The standard InChI is InChI=1S/C10H13NO/c1-8(2)6-9-4-5-10(12-3)11-7-9/h4-7H,1-3H3. The first-order valence-corrected chi connectivity index (χ1v) is 3.87. The molecule has 1 aromatic rings. The zero-order chi connectivity index (χ0) is 8.97. The molecule has 2 heteroatoms. The number of pyridine rings is 1. The van der Waals surface area contributed by atoms with Gasteiger partial charge in [-0.3, -0.25) is 0 Å². The van der Waals surface area contributed by atoms with E-state index in [1.54, 1.807) is 13.3 Å². The Bertz CT molecular complexity index is 270. The van der Waals surface area contributed by atoms with Gasteiger partial charge in [0, 0.05) is 12.3 Å². The van der Waals surface area contributed by atoms with E-state index in [0.717, 1.165) is 5.56 Å². The number of methoxy groups -OCH3 is 1. The third-order valence-electron chi connectivity index (χ3n) is 1.42. The van der Waals surface area contributed by atoms with E-state index in [1.807, 2.05) is 12.1 Å². The lowest BCUT2D eigenvalue weighted by molar-refractivity contribution is 0.398. The van der Waals surface area contributed by atoms with Crippen LogP contribution in [0.25, 0.3) is 6.08 Å². The highest BCUT2D eigenvalue weighted by molar-refractivity contribution is 5.50. The van der Waals surface area contributed by atoms with Gasteiger partial charge in [0.05, 0.1) is 7.11 Å². The topological polar surface area (TPSA) is 22.1 Å². The summed E-state index contributed by atoms with van der Waals surface area (Å²) in [6, 6.07) is 3.84. The van der Waals surface area contributed by atoms with Crippen molar-refractivity contribution in [3.63, 3.8) is 0 Å². The zero-order valence-electron chi connectivity index (χ0n) is 7.66. The Morgan fingerprint density at radius 3 is 2.58 bits per heavy atom. The number of nitrogens with zero attached hydrogens (tertiary/aromatic N) is 1. The Kier molecular flexibility index (Phi) is 2.86. The maximum absolute atomic E-state index is 4.94. The zero-order valence-corrected chi connectivity index (χ0v) is 7.66. The first-order valence-electron chi connectivity index (χ1n) is 3.87. The predicted molar refractivity (Wildman–Crippen MR) is 50.1 cm³/mol. The Labute approximate surface area is 72.9 Å². The molecule has 0 atom stereocenters. The minimum absolute atomic E-state index is 0.654. The second kappa shape index (κ2) is 3.90. The summed E-state index contributed by atoms with van der Waals surface area (Å²) in [5.74, 6) is 0.654. The Morgan fingerprint density at radius 1 is 1.42 bits per heavy atom.